The van der Waals surface area contributed by atoms with Crippen molar-refractivity contribution in [3.63, 3.8) is 0 Å². The molecule has 5 atom stereocenters. The van der Waals surface area contributed by atoms with E-state index in [2.05, 4.69) is 0 Å². The van der Waals surface area contributed by atoms with Crippen molar-refractivity contribution in [1.29, 1.82) is 0 Å². The maximum absolute atomic E-state index is 14.2. The summed E-state index contributed by atoms with van der Waals surface area (Å²) >= 11 is 0. The van der Waals surface area contributed by atoms with Crippen molar-refractivity contribution in [1.82, 2.24) is 9.80 Å². The van der Waals surface area contributed by atoms with E-state index in [0.29, 0.717) is 5.57 Å². The first-order valence-electron chi connectivity index (χ1n) is 13.5. The van der Waals surface area contributed by atoms with Crippen LogP contribution in [0.1, 0.15) is 34.1 Å². The summed E-state index contributed by atoms with van der Waals surface area (Å²) in [4.78, 5) is 84.3. The Bertz CT molecular complexity index is 1540. The van der Waals surface area contributed by atoms with Crippen LogP contribution >= 0.6 is 0 Å². The average molecular weight is 581 g/mol. The molecule has 3 heterocycles. The maximum atomic E-state index is 14.2. The van der Waals surface area contributed by atoms with Crippen molar-refractivity contribution >= 4 is 35.0 Å². The third-order valence-corrected chi connectivity index (χ3v) is 9.01. The number of rotatable bonds is 5. The van der Waals surface area contributed by atoms with Crippen molar-refractivity contribution in [2.75, 3.05) is 27.9 Å². The van der Waals surface area contributed by atoms with E-state index >= 15 is 0 Å². The Balaban J connectivity index is 1.71. The SMILES string of the molecule is CC=C(C)C(=O)OCC1C2=C(CC3C4C5=C(C(=O)C(C)=C(OC)C5=O)C(O)C(C(=O)N13)N4C)C(=O)C(C)=C(OC)C2=O. The smallest absolute Gasteiger partial charge is 0.333 e. The molecular formula is C30H32N2O10. The normalized spacial score (nSPS) is 30.1. The zero-order valence-electron chi connectivity index (χ0n) is 24.4. The minimum atomic E-state index is -1.66. The van der Waals surface area contributed by atoms with Gasteiger partial charge >= 0.3 is 5.97 Å². The Labute approximate surface area is 241 Å². The van der Waals surface area contributed by atoms with E-state index in [1.807, 2.05) is 0 Å². The number of ether oxygens (including phenoxy) is 3. The van der Waals surface area contributed by atoms with Gasteiger partial charge in [0, 0.05) is 39.0 Å². The lowest BCUT2D eigenvalue weighted by Crippen LogP contribution is -2.75. The molecule has 3 aliphatic heterocycles. The van der Waals surface area contributed by atoms with Crippen LogP contribution in [0.3, 0.4) is 0 Å². The van der Waals surface area contributed by atoms with Gasteiger partial charge in [-0.25, -0.2) is 4.79 Å². The molecule has 0 aromatic carbocycles. The van der Waals surface area contributed by atoms with Crippen molar-refractivity contribution in [3.8, 4) is 0 Å². The van der Waals surface area contributed by atoms with E-state index in [9.17, 15) is 33.9 Å². The Morgan fingerprint density at radius 3 is 2.05 bits per heavy atom. The van der Waals surface area contributed by atoms with Crippen LogP contribution in [-0.4, -0.2) is 108 Å². The van der Waals surface area contributed by atoms with Gasteiger partial charge in [0.15, 0.2) is 23.1 Å². The lowest BCUT2D eigenvalue weighted by Gasteiger charge is -2.58. The molecule has 5 unspecified atom stereocenters. The lowest BCUT2D eigenvalue weighted by atomic mass is 9.68. The molecule has 1 N–H and O–H groups in total. The largest absolute Gasteiger partial charge is 0.492 e. The third-order valence-electron chi connectivity index (χ3n) is 9.01. The first-order valence-corrected chi connectivity index (χ1v) is 13.5. The van der Waals surface area contributed by atoms with E-state index in [0.717, 1.165) is 0 Å². The molecule has 2 aliphatic carbocycles. The molecule has 0 aromatic heterocycles. The van der Waals surface area contributed by atoms with Gasteiger partial charge in [-0.1, -0.05) is 6.08 Å². The van der Waals surface area contributed by atoms with Crippen LogP contribution in [0.5, 0.6) is 0 Å². The number of aliphatic hydroxyl groups is 1. The van der Waals surface area contributed by atoms with Gasteiger partial charge in [0.2, 0.25) is 17.5 Å². The number of nitrogens with zero attached hydrogens (tertiary/aromatic N) is 2. The van der Waals surface area contributed by atoms with Crippen molar-refractivity contribution in [3.05, 3.63) is 56.6 Å². The predicted octanol–water partition coefficient (Wildman–Crippen LogP) is 0.260. The van der Waals surface area contributed by atoms with Crippen molar-refractivity contribution in [2.45, 2.75) is 64.4 Å². The second kappa shape index (κ2) is 10.3. The topological polar surface area (TPSA) is 157 Å². The molecule has 5 rings (SSSR count). The van der Waals surface area contributed by atoms with Crippen LogP contribution in [0.4, 0.5) is 0 Å². The van der Waals surface area contributed by atoms with Gasteiger partial charge in [0.05, 0.1) is 32.3 Å². The molecule has 0 saturated carbocycles. The van der Waals surface area contributed by atoms with Crippen molar-refractivity contribution < 1.29 is 48.1 Å². The molecule has 5 aliphatic rings. The highest BCUT2D eigenvalue weighted by atomic mass is 16.5. The number of aliphatic hydroxyl groups excluding tert-OH is 1. The van der Waals surface area contributed by atoms with E-state index in [4.69, 9.17) is 14.2 Å². The van der Waals surface area contributed by atoms with Gasteiger partial charge in [-0.2, -0.15) is 0 Å². The number of hydrogen-bond acceptors (Lipinski definition) is 11. The fourth-order valence-corrected chi connectivity index (χ4v) is 6.85. The van der Waals surface area contributed by atoms with Crippen LogP contribution in [-0.2, 0) is 43.0 Å². The van der Waals surface area contributed by atoms with Crippen LogP contribution in [0, 0.1) is 0 Å². The zero-order valence-corrected chi connectivity index (χ0v) is 24.4. The Hall–Kier alpha value is -4.16. The van der Waals surface area contributed by atoms with Crippen molar-refractivity contribution in [2.24, 2.45) is 0 Å². The summed E-state index contributed by atoms with van der Waals surface area (Å²) in [6, 6.07) is -4.38. The van der Waals surface area contributed by atoms with Gasteiger partial charge in [-0.3, -0.25) is 28.9 Å². The maximum Gasteiger partial charge on any atom is 0.333 e. The highest BCUT2D eigenvalue weighted by molar-refractivity contribution is 6.27. The number of piperazine rings is 1. The van der Waals surface area contributed by atoms with Gasteiger partial charge in [0.25, 0.3) is 0 Å². The Kier molecular flexibility index (Phi) is 7.18. The molecule has 0 aromatic rings. The monoisotopic (exact) mass is 580 g/mol. The standard InChI is InChI=1S/C30H32N2O10/c1-8-11(2)30(39)42-10-16-17-14(22(33)12(3)27(40-6)25(17)36)9-15-20-18-19(23(34)13(4)28(41-7)26(18)37)24(35)21(31(20)5)29(38)32(15)16/h8,15-16,20-21,24,35H,9-10H2,1-7H3. The van der Waals surface area contributed by atoms with E-state index in [1.165, 1.54) is 37.9 Å². The average Bonchev–Trinajstić information content (AvgIpc) is 2.96. The van der Waals surface area contributed by atoms with Crippen LogP contribution in [0.15, 0.2) is 56.6 Å². The second-order valence-electron chi connectivity index (χ2n) is 11.0. The quantitative estimate of drug-likeness (QED) is 0.270. The van der Waals surface area contributed by atoms with Crippen LogP contribution < -0.4 is 0 Å². The summed E-state index contributed by atoms with van der Waals surface area (Å²) in [6.45, 7) is 5.61. The minimum Gasteiger partial charge on any atom is -0.492 e. The lowest BCUT2D eigenvalue weighted by molar-refractivity contribution is -0.164. The molecule has 222 valence electrons. The second-order valence-corrected chi connectivity index (χ2v) is 11.0. The number of carbonyl (C=O) groups is 6. The fourth-order valence-electron chi connectivity index (χ4n) is 6.85. The number of Topliss-reactive ketones (excluding diaryl/α,β-unsaturated/α-hetero) is 4. The van der Waals surface area contributed by atoms with Gasteiger partial charge in [-0.05, 0) is 41.2 Å². The Morgan fingerprint density at radius 1 is 0.905 bits per heavy atom. The summed E-state index contributed by atoms with van der Waals surface area (Å²) in [5.41, 5.74) is 0.281. The van der Waals surface area contributed by atoms with Gasteiger partial charge in [0.1, 0.15) is 18.8 Å². The molecule has 0 spiro atoms. The summed E-state index contributed by atoms with van der Waals surface area (Å²) < 4.78 is 16.1. The number of hydrogen-bond donors (Lipinski definition) is 1. The predicted molar refractivity (Wildman–Crippen MR) is 144 cm³/mol. The summed E-state index contributed by atoms with van der Waals surface area (Å²) in [5, 5.41) is 11.4. The first kappa shape index (κ1) is 29.3. The fraction of sp³-hybridized carbons (Fsp3) is 0.467. The zero-order chi connectivity index (χ0) is 30.9. The van der Waals surface area contributed by atoms with E-state index in [-0.39, 0.29) is 51.4 Å². The number of methoxy groups -OCH3 is 2. The number of amides is 1. The molecule has 1 saturated heterocycles. The molecule has 12 nitrogen and oxygen atoms in total. The number of fused-ring (bicyclic) bond motifs is 5. The highest BCUT2D eigenvalue weighted by Gasteiger charge is 2.62. The van der Waals surface area contributed by atoms with E-state index in [1.54, 1.807) is 27.0 Å². The number of likely N-dealkylation sites (N-methyl/N-ethyl adjacent to an activating group) is 1. The first-order chi connectivity index (χ1) is 19.8. The summed E-state index contributed by atoms with van der Waals surface area (Å²) in [6.07, 6.45) is -0.242. The van der Waals surface area contributed by atoms with Crippen LogP contribution in [0.25, 0.3) is 0 Å². The molecule has 42 heavy (non-hydrogen) atoms. The molecule has 1 amide bonds. The molecule has 12 heteroatoms. The van der Waals surface area contributed by atoms with Crippen LogP contribution in [0.2, 0.25) is 0 Å². The Morgan fingerprint density at radius 2 is 1.48 bits per heavy atom. The minimum absolute atomic E-state index is 0.0194. The number of ketones is 4. The number of esters is 1. The van der Waals surface area contributed by atoms with Gasteiger partial charge < -0.3 is 24.2 Å². The highest BCUT2D eigenvalue weighted by Crippen LogP contribution is 2.47. The molecular weight excluding hydrogens is 548 g/mol. The van der Waals surface area contributed by atoms with E-state index < -0.39 is 71.9 Å². The third kappa shape index (κ3) is 3.81. The molecule has 1 fully saturated rings. The van der Waals surface area contributed by atoms with Gasteiger partial charge in [-0.15, -0.1) is 0 Å². The number of allylic oxidation sites excluding steroid dienone is 5. The number of carbonyl (C=O) groups excluding carboxylic acids is 6. The molecule has 2 bridgehead atoms. The summed E-state index contributed by atoms with van der Waals surface area (Å²) in [5.74, 6) is -3.97. The molecule has 0 radical (unpaired) electrons. The summed E-state index contributed by atoms with van der Waals surface area (Å²) in [7, 11) is 4.08.